The highest BCUT2D eigenvalue weighted by molar-refractivity contribution is 5.67. The number of benzene rings is 1. The molecule has 3 aromatic rings. The molecule has 1 aromatic carbocycles. The van der Waals surface area contributed by atoms with Crippen molar-refractivity contribution in [1.82, 2.24) is 0 Å². The Kier molecular flexibility index (Phi) is 2.31. The Morgan fingerprint density at radius 2 is 1.95 bits per heavy atom. The van der Waals surface area contributed by atoms with Crippen molar-refractivity contribution in [1.29, 1.82) is 0 Å². The second kappa shape index (κ2) is 4.23. The summed E-state index contributed by atoms with van der Waals surface area (Å²) in [5, 5.41) is 10.2. The second-order valence-corrected chi connectivity index (χ2v) is 6.19. The van der Waals surface area contributed by atoms with Crippen molar-refractivity contribution in [3.63, 3.8) is 0 Å². The van der Waals surface area contributed by atoms with Gasteiger partial charge in [-0.3, -0.25) is 0 Å². The topological polar surface area (TPSA) is 37.3 Å². The highest BCUT2D eigenvalue weighted by atomic mass is 16.3. The number of hydrogen-bond acceptors (Lipinski definition) is 2. The zero-order valence-electron chi connectivity index (χ0n) is 12.1. The third-order valence-electron chi connectivity index (χ3n) is 5.07. The molecule has 2 aromatic heterocycles. The molecule has 2 aliphatic heterocycles. The molecule has 6 rings (SSSR count). The molecule has 3 aliphatic rings. The standard InChI is InChI=1S/C19H15NO2/c21-13-9-17(12-7-8-22-11-12)19-16-5-6-18(20(19)10-13)15-4-2-1-3-14(15)16/h1-4,7-11,16,18H,5-6H2/p+1. The van der Waals surface area contributed by atoms with Crippen LogP contribution in [0.5, 0.6) is 5.75 Å². The van der Waals surface area contributed by atoms with Gasteiger partial charge in [0, 0.05) is 23.6 Å². The van der Waals surface area contributed by atoms with E-state index in [0.29, 0.717) is 17.7 Å². The third kappa shape index (κ3) is 1.48. The first-order valence-corrected chi connectivity index (χ1v) is 7.72. The molecule has 1 N–H and O–H groups in total. The van der Waals surface area contributed by atoms with E-state index < -0.39 is 0 Å². The molecule has 3 nitrogen and oxygen atoms in total. The molecule has 0 saturated carbocycles. The first kappa shape index (κ1) is 12.0. The smallest absolute Gasteiger partial charge is 0.211 e. The van der Waals surface area contributed by atoms with Gasteiger partial charge in [0.1, 0.15) is 0 Å². The molecular weight excluding hydrogens is 274 g/mol. The van der Waals surface area contributed by atoms with Gasteiger partial charge in [0.25, 0.3) is 0 Å². The lowest BCUT2D eigenvalue weighted by molar-refractivity contribution is -0.730. The fourth-order valence-electron chi connectivity index (χ4n) is 4.22. The number of fused-ring (bicyclic) bond motifs is 1. The Morgan fingerprint density at radius 1 is 1.09 bits per heavy atom. The van der Waals surface area contributed by atoms with E-state index in [1.54, 1.807) is 12.5 Å². The van der Waals surface area contributed by atoms with Crippen molar-refractivity contribution >= 4 is 0 Å². The average Bonchev–Trinajstić information content (AvgIpc) is 3.09. The van der Waals surface area contributed by atoms with Crippen LogP contribution in [-0.2, 0) is 0 Å². The first-order valence-electron chi connectivity index (χ1n) is 7.72. The molecule has 2 unspecified atom stereocenters. The van der Waals surface area contributed by atoms with Gasteiger partial charge in [0.05, 0.1) is 24.0 Å². The molecule has 0 fully saturated rings. The minimum Gasteiger partial charge on any atom is -0.503 e. The van der Waals surface area contributed by atoms with Crippen LogP contribution < -0.4 is 4.57 Å². The van der Waals surface area contributed by atoms with Gasteiger partial charge < -0.3 is 9.52 Å². The van der Waals surface area contributed by atoms with Gasteiger partial charge >= 0.3 is 0 Å². The summed E-state index contributed by atoms with van der Waals surface area (Å²) in [5.41, 5.74) is 6.26. The Balaban J connectivity index is 1.83. The van der Waals surface area contributed by atoms with Crippen LogP contribution in [0.2, 0.25) is 0 Å². The highest BCUT2D eigenvalue weighted by Gasteiger charge is 2.45. The molecule has 2 bridgehead atoms. The van der Waals surface area contributed by atoms with E-state index in [9.17, 15) is 5.11 Å². The lowest BCUT2D eigenvalue weighted by Crippen LogP contribution is -2.52. The van der Waals surface area contributed by atoms with Gasteiger partial charge in [-0.1, -0.05) is 24.3 Å². The van der Waals surface area contributed by atoms with Crippen molar-refractivity contribution in [3.05, 3.63) is 71.9 Å². The van der Waals surface area contributed by atoms with E-state index in [1.807, 2.05) is 18.3 Å². The monoisotopic (exact) mass is 290 g/mol. The van der Waals surface area contributed by atoms with Gasteiger partial charge in [-0.05, 0) is 18.1 Å². The summed E-state index contributed by atoms with van der Waals surface area (Å²) in [4.78, 5) is 0. The maximum atomic E-state index is 10.2. The van der Waals surface area contributed by atoms with Crippen LogP contribution in [0.1, 0.15) is 41.6 Å². The Bertz CT molecular complexity index is 867. The van der Waals surface area contributed by atoms with E-state index in [2.05, 4.69) is 28.8 Å². The van der Waals surface area contributed by atoms with Crippen LogP contribution in [0.4, 0.5) is 0 Å². The van der Waals surface area contributed by atoms with Crippen molar-refractivity contribution in [3.8, 4) is 16.9 Å². The van der Waals surface area contributed by atoms with E-state index in [-0.39, 0.29) is 0 Å². The van der Waals surface area contributed by atoms with Crippen LogP contribution in [0.3, 0.4) is 0 Å². The first-order chi connectivity index (χ1) is 10.8. The van der Waals surface area contributed by atoms with Gasteiger partial charge in [0.15, 0.2) is 17.5 Å². The molecular formula is C19H16NO2+. The number of nitrogens with zero attached hydrogens (tertiary/aromatic N) is 1. The Hall–Kier alpha value is -2.55. The van der Waals surface area contributed by atoms with Crippen LogP contribution in [0.15, 0.2) is 59.5 Å². The van der Waals surface area contributed by atoms with Gasteiger partial charge in [-0.15, -0.1) is 0 Å². The fraction of sp³-hybridized carbons (Fsp3) is 0.211. The lowest BCUT2D eigenvalue weighted by atomic mass is 9.72. The zero-order chi connectivity index (χ0) is 14.7. The van der Waals surface area contributed by atoms with E-state index in [4.69, 9.17) is 4.42 Å². The Labute approximate surface area is 128 Å². The zero-order valence-corrected chi connectivity index (χ0v) is 12.1. The second-order valence-electron chi connectivity index (χ2n) is 6.19. The van der Waals surface area contributed by atoms with E-state index in [1.165, 1.54) is 16.8 Å². The SMILES string of the molecule is Oc1cc(-c2ccoc2)c2[n+](c1)C1CCC2c2ccccc21. The van der Waals surface area contributed by atoms with Crippen molar-refractivity contribution in [2.24, 2.45) is 0 Å². The van der Waals surface area contributed by atoms with Gasteiger partial charge in [-0.25, -0.2) is 0 Å². The van der Waals surface area contributed by atoms with Crippen LogP contribution in [-0.4, -0.2) is 5.11 Å². The van der Waals surface area contributed by atoms with Crippen LogP contribution >= 0.6 is 0 Å². The van der Waals surface area contributed by atoms with Crippen molar-refractivity contribution < 1.29 is 14.1 Å². The molecule has 0 spiro atoms. The Morgan fingerprint density at radius 3 is 2.77 bits per heavy atom. The maximum absolute atomic E-state index is 10.2. The van der Waals surface area contributed by atoms with Crippen LogP contribution in [0, 0.1) is 0 Å². The lowest BCUT2D eigenvalue weighted by Gasteiger charge is -2.35. The molecule has 108 valence electrons. The minimum atomic E-state index is 0.310. The largest absolute Gasteiger partial charge is 0.503 e. The molecule has 22 heavy (non-hydrogen) atoms. The minimum absolute atomic E-state index is 0.310. The number of hydrogen-bond donors (Lipinski definition) is 1. The summed E-state index contributed by atoms with van der Waals surface area (Å²) in [6.45, 7) is 0. The molecule has 3 heteroatoms. The summed E-state index contributed by atoms with van der Waals surface area (Å²) >= 11 is 0. The summed E-state index contributed by atoms with van der Waals surface area (Å²) in [7, 11) is 0. The molecule has 4 heterocycles. The molecule has 2 atom stereocenters. The summed E-state index contributed by atoms with van der Waals surface area (Å²) < 4.78 is 7.53. The number of aromatic hydroxyl groups is 1. The fourth-order valence-corrected chi connectivity index (χ4v) is 4.22. The van der Waals surface area contributed by atoms with Gasteiger partial charge in [-0.2, -0.15) is 4.57 Å². The van der Waals surface area contributed by atoms with Crippen molar-refractivity contribution in [2.75, 3.05) is 0 Å². The summed E-state index contributed by atoms with van der Waals surface area (Å²) in [6, 6.07) is 12.9. The molecule has 0 radical (unpaired) electrons. The highest BCUT2D eigenvalue weighted by Crippen LogP contribution is 2.47. The quantitative estimate of drug-likeness (QED) is 0.693. The maximum Gasteiger partial charge on any atom is 0.211 e. The third-order valence-corrected chi connectivity index (χ3v) is 5.07. The van der Waals surface area contributed by atoms with Crippen LogP contribution in [0.25, 0.3) is 11.1 Å². The number of rotatable bonds is 1. The normalized spacial score (nSPS) is 21.5. The number of pyridine rings is 1. The number of aromatic nitrogens is 1. The summed E-state index contributed by atoms with van der Waals surface area (Å²) in [5.74, 6) is 0.705. The molecule has 0 amide bonds. The number of furan rings is 1. The average molecular weight is 290 g/mol. The summed E-state index contributed by atoms with van der Waals surface area (Å²) in [6.07, 6.45) is 7.62. The van der Waals surface area contributed by atoms with E-state index in [0.717, 1.165) is 24.0 Å². The molecule has 1 aliphatic carbocycles. The predicted octanol–water partition coefficient (Wildman–Crippen LogP) is 3.77. The predicted molar refractivity (Wildman–Crippen MR) is 81.7 cm³/mol. The van der Waals surface area contributed by atoms with Crippen molar-refractivity contribution in [2.45, 2.75) is 24.8 Å². The van der Waals surface area contributed by atoms with Gasteiger partial charge in [0.2, 0.25) is 6.20 Å². The van der Waals surface area contributed by atoms with E-state index >= 15 is 0 Å². The molecule has 0 saturated heterocycles.